The van der Waals surface area contributed by atoms with Crippen LogP contribution in [0, 0.1) is 5.41 Å². The highest BCUT2D eigenvalue weighted by atomic mass is 35.5. The fraction of sp³-hybridized carbons (Fsp3) is 0.846. The van der Waals surface area contributed by atoms with Crippen LogP contribution in [0.15, 0.2) is 5.16 Å². The minimum atomic E-state index is -3.69. The van der Waals surface area contributed by atoms with Crippen LogP contribution in [0.5, 0.6) is 0 Å². The number of likely N-dealkylation sites (tertiary alicyclic amines) is 1. The van der Waals surface area contributed by atoms with E-state index in [1.807, 2.05) is 27.7 Å². The number of carbonyl (C=O) groups is 1. The molecule has 1 aliphatic heterocycles. The van der Waals surface area contributed by atoms with Crippen molar-refractivity contribution in [3.8, 4) is 0 Å². The Balaban J connectivity index is 2.65. The molecule has 7 nitrogen and oxygen atoms in total. The van der Waals surface area contributed by atoms with Crippen LogP contribution in [0.25, 0.3) is 0 Å². The monoisotopic (exact) mass is 354 g/mol. The Bertz CT molecular complexity index is 545. The molecule has 128 valence electrons. The molecule has 0 radical (unpaired) electrons. The highest BCUT2D eigenvalue weighted by Gasteiger charge is 2.37. The molecule has 1 rings (SSSR count). The topological polar surface area (TPSA) is 85.3 Å². The molecule has 0 atom stereocenters. The summed E-state index contributed by atoms with van der Waals surface area (Å²) in [4.78, 5) is 13.6. The SMILES string of the molecule is CC(C)(C)OC(=O)N1CCC(C)(C(Cl)=NOS(C)(=O)=O)CC1. The molecule has 0 unspecified atom stereocenters. The van der Waals surface area contributed by atoms with Gasteiger partial charge in [0.2, 0.25) is 0 Å². The Morgan fingerprint density at radius 3 is 2.18 bits per heavy atom. The molecule has 22 heavy (non-hydrogen) atoms. The lowest BCUT2D eigenvalue weighted by molar-refractivity contribution is 0.0166. The minimum Gasteiger partial charge on any atom is -0.444 e. The first-order chi connectivity index (χ1) is 9.82. The molecule has 0 saturated carbocycles. The van der Waals surface area contributed by atoms with E-state index in [1.54, 1.807) is 4.90 Å². The fourth-order valence-electron chi connectivity index (χ4n) is 1.93. The van der Waals surface area contributed by atoms with Crippen LogP contribution in [0.4, 0.5) is 4.79 Å². The van der Waals surface area contributed by atoms with E-state index in [1.165, 1.54) is 0 Å². The molecule has 1 fully saturated rings. The summed E-state index contributed by atoms with van der Waals surface area (Å²) < 4.78 is 31.6. The van der Waals surface area contributed by atoms with Gasteiger partial charge in [0.15, 0.2) is 5.17 Å². The van der Waals surface area contributed by atoms with Crippen molar-refractivity contribution in [2.75, 3.05) is 19.3 Å². The lowest BCUT2D eigenvalue weighted by Crippen LogP contribution is -2.46. The lowest BCUT2D eigenvalue weighted by atomic mass is 9.81. The van der Waals surface area contributed by atoms with Crippen molar-refractivity contribution < 1.29 is 22.2 Å². The largest absolute Gasteiger partial charge is 0.444 e. The van der Waals surface area contributed by atoms with E-state index < -0.39 is 21.1 Å². The maximum absolute atomic E-state index is 12.0. The summed E-state index contributed by atoms with van der Waals surface area (Å²) >= 11 is 6.07. The summed E-state index contributed by atoms with van der Waals surface area (Å²) in [5.41, 5.74) is -1.06. The van der Waals surface area contributed by atoms with Gasteiger partial charge in [-0.15, -0.1) is 0 Å². The summed E-state index contributed by atoms with van der Waals surface area (Å²) in [5, 5.41) is 3.56. The van der Waals surface area contributed by atoms with Crippen LogP contribution < -0.4 is 0 Å². The number of oxime groups is 1. The van der Waals surface area contributed by atoms with Crippen LogP contribution in [-0.4, -0.2) is 49.5 Å². The summed E-state index contributed by atoms with van der Waals surface area (Å²) in [6.45, 7) is 8.20. The predicted octanol–water partition coefficient (Wildman–Crippen LogP) is 2.55. The second-order valence-corrected chi connectivity index (χ2v) is 8.60. The fourth-order valence-corrected chi connectivity index (χ4v) is 2.40. The summed E-state index contributed by atoms with van der Waals surface area (Å²) in [6, 6.07) is 0. The summed E-state index contributed by atoms with van der Waals surface area (Å²) in [5.74, 6) is 0. The van der Waals surface area contributed by atoms with Crippen molar-refractivity contribution in [1.82, 2.24) is 4.90 Å². The number of carbonyl (C=O) groups excluding carboxylic acids is 1. The highest BCUT2D eigenvalue weighted by molar-refractivity contribution is 7.85. The molecule has 9 heteroatoms. The Morgan fingerprint density at radius 2 is 1.77 bits per heavy atom. The number of rotatable bonds is 3. The van der Waals surface area contributed by atoms with Crippen LogP contribution in [0.2, 0.25) is 0 Å². The minimum absolute atomic E-state index is 0.0850. The van der Waals surface area contributed by atoms with Crippen molar-refractivity contribution in [2.24, 2.45) is 10.6 Å². The smallest absolute Gasteiger partial charge is 0.410 e. The highest BCUT2D eigenvalue weighted by Crippen LogP contribution is 2.34. The van der Waals surface area contributed by atoms with Gasteiger partial charge in [0.1, 0.15) is 5.60 Å². The third-order valence-corrected chi connectivity index (χ3v) is 4.14. The van der Waals surface area contributed by atoms with Crippen LogP contribution >= 0.6 is 11.6 Å². The molecule has 1 aliphatic rings. The number of hydrogen-bond donors (Lipinski definition) is 0. The molecule has 0 aromatic carbocycles. The first kappa shape index (κ1) is 19.0. The van der Waals surface area contributed by atoms with Gasteiger partial charge in [0, 0.05) is 18.5 Å². The Morgan fingerprint density at radius 1 is 1.27 bits per heavy atom. The second kappa shape index (κ2) is 6.62. The maximum Gasteiger partial charge on any atom is 0.410 e. The molecule has 0 bridgehead atoms. The lowest BCUT2D eigenvalue weighted by Gasteiger charge is -2.38. The third kappa shape index (κ3) is 6.00. The number of halogens is 1. The van der Waals surface area contributed by atoms with E-state index in [9.17, 15) is 13.2 Å². The van der Waals surface area contributed by atoms with E-state index >= 15 is 0 Å². The second-order valence-electron chi connectivity index (χ2n) is 6.69. The van der Waals surface area contributed by atoms with Crippen molar-refractivity contribution >= 4 is 33.0 Å². The first-order valence-corrected chi connectivity index (χ1v) is 9.12. The molecule has 0 aromatic rings. The van der Waals surface area contributed by atoms with Crippen molar-refractivity contribution in [1.29, 1.82) is 0 Å². The van der Waals surface area contributed by atoms with Gasteiger partial charge >= 0.3 is 16.2 Å². The number of amides is 1. The first-order valence-electron chi connectivity index (χ1n) is 6.93. The third-order valence-electron chi connectivity index (χ3n) is 3.27. The van der Waals surface area contributed by atoms with Crippen molar-refractivity contribution in [2.45, 2.75) is 46.1 Å². The van der Waals surface area contributed by atoms with E-state index in [0.29, 0.717) is 25.9 Å². The Hall–Kier alpha value is -1.02. The standard InChI is InChI=1S/C13H23ClN2O5S/c1-12(2,3)20-11(17)16-8-6-13(4,7-9-16)10(14)15-21-22(5,18)19/h6-9H2,1-5H3. The van der Waals surface area contributed by atoms with Gasteiger partial charge in [0.25, 0.3) is 0 Å². The van der Waals surface area contributed by atoms with E-state index in [-0.39, 0.29) is 11.3 Å². The van der Waals surface area contributed by atoms with Crippen LogP contribution in [0.1, 0.15) is 40.5 Å². The molecule has 1 amide bonds. The zero-order chi connectivity index (χ0) is 17.2. The predicted molar refractivity (Wildman–Crippen MR) is 84.4 cm³/mol. The normalized spacial score (nSPS) is 19.7. The number of hydrogen-bond acceptors (Lipinski definition) is 6. The molecule has 0 aromatic heterocycles. The zero-order valence-corrected chi connectivity index (χ0v) is 15.1. The van der Waals surface area contributed by atoms with Gasteiger partial charge in [0.05, 0.1) is 6.26 Å². The zero-order valence-electron chi connectivity index (χ0n) is 13.6. The van der Waals surface area contributed by atoms with Crippen molar-refractivity contribution in [3.05, 3.63) is 0 Å². The molecule has 0 N–H and O–H groups in total. The van der Waals surface area contributed by atoms with Gasteiger partial charge < -0.3 is 9.64 Å². The number of ether oxygens (including phenoxy) is 1. The molecule has 0 spiro atoms. The van der Waals surface area contributed by atoms with Crippen LogP contribution in [-0.2, 0) is 19.1 Å². The molecule has 0 aliphatic carbocycles. The molecule has 1 heterocycles. The maximum atomic E-state index is 12.0. The number of nitrogens with zero attached hydrogens (tertiary/aromatic N) is 2. The van der Waals surface area contributed by atoms with E-state index in [2.05, 4.69) is 9.44 Å². The number of piperidine rings is 1. The Kier molecular flexibility index (Phi) is 5.72. The average Bonchev–Trinajstić information content (AvgIpc) is 2.33. The van der Waals surface area contributed by atoms with Crippen LogP contribution in [0.3, 0.4) is 0 Å². The summed E-state index contributed by atoms with van der Waals surface area (Å²) in [6.07, 6.45) is 1.62. The van der Waals surface area contributed by atoms with Gasteiger partial charge in [-0.1, -0.05) is 23.7 Å². The van der Waals surface area contributed by atoms with Gasteiger partial charge in [-0.25, -0.2) is 4.79 Å². The quantitative estimate of drug-likeness (QED) is 0.574. The van der Waals surface area contributed by atoms with E-state index in [4.69, 9.17) is 16.3 Å². The summed E-state index contributed by atoms with van der Waals surface area (Å²) in [7, 11) is -3.69. The Labute approximate surface area is 136 Å². The van der Waals surface area contributed by atoms with Gasteiger partial charge in [-0.3, -0.25) is 4.28 Å². The molecular weight excluding hydrogens is 332 g/mol. The molecule has 1 saturated heterocycles. The van der Waals surface area contributed by atoms with Gasteiger partial charge in [-0.2, -0.15) is 8.42 Å². The average molecular weight is 355 g/mol. The van der Waals surface area contributed by atoms with E-state index in [0.717, 1.165) is 6.26 Å². The van der Waals surface area contributed by atoms with Crippen molar-refractivity contribution in [3.63, 3.8) is 0 Å². The van der Waals surface area contributed by atoms with Gasteiger partial charge in [-0.05, 0) is 33.6 Å². The molecular formula is C13H23ClN2O5S.